The maximum atomic E-state index is 13.5. The van der Waals surface area contributed by atoms with E-state index in [4.69, 9.17) is 11.6 Å². The molecule has 2 aromatic carbocycles. The smallest absolute Gasteiger partial charge is 0.371 e. The van der Waals surface area contributed by atoms with Crippen molar-refractivity contribution in [3.63, 3.8) is 0 Å². The first-order valence-electron chi connectivity index (χ1n) is 8.96. The lowest BCUT2D eigenvalue weighted by molar-refractivity contribution is -0.147. The molecule has 28 heavy (non-hydrogen) atoms. The van der Waals surface area contributed by atoms with Crippen molar-refractivity contribution in [2.45, 2.75) is 37.9 Å². The molecule has 0 aliphatic carbocycles. The number of hydrogen-bond acceptors (Lipinski definition) is 2. The second-order valence-electron chi connectivity index (χ2n) is 7.76. The van der Waals surface area contributed by atoms with Gasteiger partial charge in [-0.1, -0.05) is 35.9 Å². The van der Waals surface area contributed by atoms with Crippen molar-refractivity contribution in [1.82, 2.24) is 0 Å². The molecule has 0 fully saturated rings. The zero-order valence-electron chi connectivity index (χ0n) is 15.9. The van der Waals surface area contributed by atoms with Crippen LogP contribution in [0.25, 0.3) is 0 Å². The molecule has 0 aromatic heterocycles. The monoisotopic (exact) mass is 410 g/mol. The Morgan fingerprint density at radius 3 is 2.39 bits per heavy atom. The van der Waals surface area contributed by atoms with E-state index in [1.54, 1.807) is 24.3 Å². The maximum absolute atomic E-state index is 13.5. The van der Waals surface area contributed by atoms with Crippen LogP contribution in [0.1, 0.15) is 31.7 Å². The van der Waals surface area contributed by atoms with Gasteiger partial charge < -0.3 is 9.80 Å². The third-order valence-electron chi connectivity index (χ3n) is 4.97. The van der Waals surface area contributed by atoms with Gasteiger partial charge in [0.15, 0.2) is 0 Å². The zero-order valence-corrected chi connectivity index (χ0v) is 16.7. The third kappa shape index (κ3) is 4.12. The van der Waals surface area contributed by atoms with Crippen LogP contribution in [0, 0.1) is 0 Å². The molecule has 0 spiro atoms. The number of carbonyl (C=O) groups is 1. The fourth-order valence-electron chi connectivity index (χ4n) is 3.91. The van der Waals surface area contributed by atoms with Gasteiger partial charge in [0.1, 0.15) is 0 Å². The van der Waals surface area contributed by atoms with Gasteiger partial charge in [-0.15, -0.1) is 0 Å². The van der Waals surface area contributed by atoms with E-state index in [0.29, 0.717) is 17.3 Å². The van der Waals surface area contributed by atoms with Gasteiger partial charge in [0.05, 0.1) is 29.3 Å². The van der Waals surface area contributed by atoms with Gasteiger partial charge >= 0.3 is 6.18 Å². The zero-order chi connectivity index (χ0) is 20.7. The fraction of sp³-hybridized carbons (Fsp3) is 0.381. The number of amides is 1. The summed E-state index contributed by atoms with van der Waals surface area (Å²) in [7, 11) is 1.91. The summed E-state index contributed by atoms with van der Waals surface area (Å²) >= 11 is 5.99. The van der Waals surface area contributed by atoms with E-state index in [2.05, 4.69) is 0 Å². The topological polar surface area (TPSA) is 23.6 Å². The Hall–Kier alpha value is -2.21. The summed E-state index contributed by atoms with van der Waals surface area (Å²) in [6, 6.07) is 13.4. The van der Waals surface area contributed by atoms with Gasteiger partial charge in [-0.3, -0.25) is 4.79 Å². The molecule has 0 N–H and O–H groups in total. The lowest BCUT2D eigenvalue weighted by Crippen LogP contribution is -2.58. The predicted molar refractivity (Wildman–Crippen MR) is 106 cm³/mol. The summed E-state index contributed by atoms with van der Waals surface area (Å²) in [5.41, 5.74) is 1.01. The molecule has 1 amide bonds. The molecule has 2 aromatic rings. The first kappa shape index (κ1) is 20.5. The number of nitrogens with zero attached hydrogens (tertiary/aromatic N) is 2. The Labute approximate surface area is 167 Å². The van der Waals surface area contributed by atoms with Crippen LogP contribution in [0.3, 0.4) is 0 Å². The molecule has 0 saturated heterocycles. The Balaban J connectivity index is 2.10. The minimum Gasteiger partial charge on any atom is -0.371 e. The number of alkyl halides is 3. The predicted octanol–water partition coefficient (Wildman–Crippen LogP) is 5.64. The average Bonchev–Trinajstić information content (AvgIpc) is 2.58. The van der Waals surface area contributed by atoms with Crippen LogP contribution >= 0.6 is 11.6 Å². The highest BCUT2D eigenvalue weighted by Gasteiger charge is 2.45. The van der Waals surface area contributed by atoms with E-state index in [1.807, 2.05) is 37.9 Å². The van der Waals surface area contributed by atoms with Gasteiger partial charge in [-0.25, -0.2) is 0 Å². The molecule has 3 rings (SSSR count). The van der Waals surface area contributed by atoms with E-state index in [0.717, 1.165) is 5.69 Å². The lowest BCUT2D eigenvalue weighted by Gasteiger charge is -2.48. The van der Waals surface area contributed by atoms with Crippen LogP contribution in [-0.2, 0) is 4.79 Å². The molecule has 1 aliphatic heterocycles. The lowest BCUT2D eigenvalue weighted by atomic mass is 9.89. The van der Waals surface area contributed by atoms with Crippen LogP contribution in [0.15, 0.2) is 48.5 Å². The van der Waals surface area contributed by atoms with Crippen molar-refractivity contribution in [2.75, 3.05) is 23.4 Å². The van der Waals surface area contributed by atoms with Crippen LogP contribution in [-0.4, -0.2) is 31.2 Å². The minimum atomic E-state index is -4.49. The normalized spacial score (nSPS) is 17.2. The van der Waals surface area contributed by atoms with E-state index in [9.17, 15) is 18.0 Å². The largest absolute Gasteiger partial charge is 0.390 e. The second kappa shape index (κ2) is 7.32. The molecule has 1 aliphatic rings. The molecule has 150 valence electrons. The Morgan fingerprint density at radius 1 is 1.14 bits per heavy atom. The first-order chi connectivity index (χ1) is 13.0. The fourth-order valence-corrected chi connectivity index (χ4v) is 4.11. The van der Waals surface area contributed by atoms with Gasteiger partial charge in [0.25, 0.3) is 0 Å². The highest BCUT2D eigenvalue weighted by molar-refractivity contribution is 6.30. The number of benzene rings is 2. The van der Waals surface area contributed by atoms with E-state index in [-0.39, 0.29) is 5.56 Å². The molecule has 7 heteroatoms. The van der Waals surface area contributed by atoms with Crippen LogP contribution in [0.2, 0.25) is 5.02 Å². The van der Waals surface area contributed by atoms with Gasteiger partial charge in [0.2, 0.25) is 5.91 Å². The summed E-state index contributed by atoms with van der Waals surface area (Å²) < 4.78 is 40.1. The number of para-hydroxylation sites is 2. The second-order valence-corrected chi connectivity index (χ2v) is 8.19. The molecular weight excluding hydrogens is 389 g/mol. The van der Waals surface area contributed by atoms with Crippen molar-refractivity contribution in [2.24, 2.45) is 0 Å². The van der Waals surface area contributed by atoms with E-state index < -0.39 is 30.0 Å². The SMILES string of the molecule is CN1CC(C)(C)N(C(=O)C(CC(F)(F)F)c2cccc(Cl)c2)c2ccccc21. The highest BCUT2D eigenvalue weighted by Crippen LogP contribution is 2.42. The van der Waals surface area contributed by atoms with E-state index in [1.165, 1.54) is 17.0 Å². The van der Waals surface area contributed by atoms with Crippen molar-refractivity contribution in [3.05, 3.63) is 59.1 Å². The molecule has 0 radical (unpaired) electrons. The Bertz CT molecular complexity index is 882. The molecule has 1 heterocycles. The molecule has 1 unspecified atom stereocenters. The molecular formula is C21H22ClF3N2O. The first-order valence-corrected chi connectivity index (χ1v) is 9.34. The number of hydrogen-bond donors (Lipinski definition) is 0. The van der Waals surface area contributed by atoms with Gasteiger partial charge in [-0.05, 0) is 43.7 Å². The highest BCUT2D eigenvalue weighted by atomic mass is 35.5. The third-order valence-corrected chi connectivity index (χ3v) is 5.20. The molecule has 3 nitrogen and oxygen atoms in total. The van der Waals surface area contributed by atoms with E-state index >= 15 is 0 Å². The van der Waals surface area contributed by atoms with Gasteiger partial charge in [0, 0.05) is 18.6 Å². The van der Waals surface area contributed by atoms with Crippen molar-refractivity contribution in [1.29, 1.82) is 0 Å². The summed E-state index contributed by atoms with van der Waals surface area (Å²) in [6.07, 6.45) is -5.73. The summed E-state index contributed by atoms with van der Waals surface area (Å²) in [5.74, 6) is -1.94. The molecule has 1 atom stereocenters. The summed E-state index contributed by atoms with van der Waals surface area (Å²) in [5, 5.41) is 0.301. The summed E-state index contributed by atoms with van der Waals surface area (Å²) in [4.78, 5) is 17.1. The van der Waals surface area contributed by atoms with Crippen molar-refractivity contribution >= 4 is 28.9 Å². The number of carbonyl (C=O) groups excluding carboxylic acids is 1. The quantitative estimate of drug-likeness (QED) is 0.654. The van der Waals surface area contributed by atoms with Crippen LogP contribution in [0.4, 0.5) is 24.5 Å². The average molecular weight is 411 g/mol. The van der Waals surface area contributed by atoms with Crippen molar-refractivity contribution < 1.29 is 18.0 Å². The number of fused-ring (bicyclic) bond motifs is 1. The van der Waals surface area contributed by atoms with Gasteiger partial charge in [-0.2, -0.15) is 13.2 Å². The molecule has 0 saturated carbocycles. The maximum Gasteiger partial charge on any atom is 0.390 e. The van der Waals surface area contributed by atoms with Crippen molar-refractivity contribution in [3.8, 4) is 0 Å². The number of anilines is 2. The van der Waals surface area contributed by atoms with Crippen LogP contribution in [0.5, 0.6) is 0 Å². The number of halogens is 4. The Kier molecular flexibility index (Phi) is 5.36. The molecule has 0 bridgehead atoms. The standard InChI is InChI=1S/C21H22ClF3N2O/c1-20(2)13-26(3)17-9-4-5-10-18(17)27(20)19(28)16(12-21(23,24)25)14-7-6-8-15(22)11-14/h4-11,16H,12-13H2,1-3H3. The number of likely N-dealkylation sites (N-methyl/N-ethyl adjacent to an activating group) is 1. The summed E-state index contributed by atoms with van der Waals surface area (Å²) in [6.45, 7) is 4.23. The number of rotatable bonds is 3. The Morgan fingerprint density at radius 2 is 1.79 bits per heavy atom. The minimum absolute atomic E-state index is 0.266. The van der Waals surface area contributed by atoms with Crippen LogP contribution < -0.4 is 9.80 Å².